The molecule has 0 aliphatic carbocycles. The van der Waals surface area contributed by atoms with Crippen molar-refractivity contribution in [1.82, 2.24) is 0 Å². The van der Waals surface area contributed by atoms with E-state index in [4.69, 9.17) is 9.47 Å². The number of hydrogen-bond donors (Lipinski definition) is 0. The van der Waals surface area contributed by atoms with Crippen LogP contribution in [0, 0.1) is 0 Å². The van der Waals surface area contributed by atoms with Gasteiger partial charge in [0.2, 0.25) is 0 Å². The molecule has 0 radical (unpaired) electrons. The summed E-state index contributed by atoms with van der Waals surface area (Å²) in [6, 6.07) is 18.4. The van der Waals surface area contributed by atoms with E-state index in [1.807, 2.05) is 60.7 Å². The highest BCUT2D eigenvalue weighted by Gasteiger charge is 2.46. The van der Waals surface area contributed by atoms with Crippen LogP contribution in [0.1, 0.15) is 11.1 Å². The predicted octanol–water partition coefficient (Wildman–Crippen LogP) is 2.29. The van der Waals surface area contributed by atoms with Crippen LogP contribution in [0.5, 0.6) is 0 Å². The Morgan fingerprint density at radius 1 is 1.00 bits per heavy atom. The quantitative estimate of drug-likeness (QED) is 0.852. The second-order valence-corrected chi connectivity index (χ2v) is 6.58. The number of hydrogen-bond acceptors (Lipinski definition) is 4. The third kappa shape index (κ3) is 2.57. The zero-order valence-electron chi connectivity index (χ0n) is 12.0. The number of sulfonamides is 1. The summed E-state index contributed by atoms with van der Waals surface area (Å²) in [5.74, 6) is -0.277. The van der Waals surface area contributed by atoms with Gasteiger partial charge in [-0.05, 0) is 0 Å². The van der Waals surface area contributed by atoms with Crippen LogP contribution in [0.2, 0.25) is 0 Å². The Morgan fingerprint density at radius 2 is 1.50 bits per heavy atom. The monoisotopic (exact) mass is 317 g/mol. The highest BCUT2D eigenvalue weighted by Crippen LogP contribution is 2.38. The Balaban J connectivity index is 2.24. The van der Waals surface area contributed by atoms with Gasteiger partial charge in [-0.3, -0.25) is 0 Å². The second-order valence-electron chi connectivity index (χ2n) is 4.95. The summed E-state index contributed by atoms with van der Waals surface area (Å²) in [4.78, 5) is 0. The van der Waals surface area contributed by atoms with Gasteiger partial charge in [-0.1, -0.05) is 65.1 Å². The van der Waals surface area contributed by atoms with Gasteiger partial charge in [0.05, 0.1) is 7.11 Å². The molecule has 0 saturated heterocycles. The summed E-state index contributed by atoms with van der Waals surface area (Å²) >= 11 is 0. The van der Waals surface area contributed by atoms with Crippen LogP contribution in [0.4, 0.5) is 0 Å². The van der Waals surface area contributed by atoms with Crippen LogP contribution < -0.4 is 0 Å². The van der Waals surface area contributed by atoms with Crippen molar-refractivity contribution >= 4 is 16.1 Å². The molecule has 0 aromatic heterocycles. The van der Waals surface area contributed by atoms with E-state index in [9.17, 15) is 8.42 Å². The molecule has 2 aromatic rings. The van der Waals surface area contributed by atoms with E-state index in [0.717, 1.165) is 11.1 Å². The third-order valence-electron chi connectivity index (χ3n) is 3.52. The molecule has 2 aromatic carbocycles. The molecule has 1 aliphatic heterocycles. The third-order valence-corrected chi connectivity index (χ3v) is 4.71. The number of nitrogens with zero attached hydrogens (tertiary/aromatic N) is 1. The molecule has 0 saturated carbocycles. The zero-order chi connectivity index (χ0) is 15.6. The molecule has 0 N–H and O–H groups in total. The number of benzene rings is 2. The molecule has 0 bridgehead atoms. The number of ether oxygens (including phenoxy) is 2. The summed E-state index contributed by atoms with van der Waals surface area (Å²) in [5, 5.41) is 0. The van der Waals surface area contributed by atoms with Crippen LogP contribution in [0.25, 0.3) is 0 Å². The van der Waals surface area contributed by atoms with Crippen molar-refractivity contribution < 1.29 is 17.9 Å². The molecule has 1 aliphatic rings. The molecular weight excluding hydrogens is 302 g/mol. The maximum atomic E-state index is 12.2. The Bertz CT molecular complexity index is 746. The van der Waals surface area contributed by atoms with E-state index in [1.54, 1.807) is 0 Å². The van der Waals surface area contributed by atoms with Gasteiger partial charge in [-0.2, -0.15) is 0 Å². The van der Waals surface area contributed by atoms with Crippen molar-refractivity contribution in [3.05, 3.63) is 71.8 Å². The molecule has 0 unspecified atom stereocenters. The lowest BCUT2D eigenvalue weighted by Crippen LogP contribution is -2.44. The Kier molecular flexibility index (Phi) is 3.62. The van der Waals surface area contributed by atoms with E-state index >= 15 is 0 Å². The molecule has 0 amide bonds. The van der Waals surface area contributed by atoms with Crippen molar-refractivity contribution in [1.29, 1.82) is 0 Å². The van der Waals surface area contributed by atoms with Crippen LogP contribution in [-0.4, -0.2) is 27.4 Å². The average molecular weight is 317 g/mol. The molecule has 0 atom stereocenters. The van der Waals surface area contributed by atoms with Crippen LogP contribution >= 0.6 is 0 Å². The summed E-state index contributed by atoms with van der Waals surface area (Å²) < 4.78 is 38.8. The molecule has 3 rings (SSSR count). The SMILES string of the molecule is COC1=NS(=O)(=O)CC(c2ccccc2)(c2ccccc2)O1. The largest absolute Gasteiger partial charge is 0.453 e. The van der Waals surface area contributed by atoms with E-state index in [-0.39, 0.29) is 11.8 Å². The number of rotatable bonds is 2. The van der Waals surface area contributed by atoms with Gasteiger partial charge >= 0.3 is 6.08 Å². The van der Waals surface area contributed by atoms with Crippen molar-refractivity contribution in [2.45, 2.75) is 5.60 Å². The van der Waals surface area contributed by atoms with Gasteiger partial charge in [-0.25, -0.2) is 8.42 Å². The van der Waals surface area contributed by atoms with E-state index in [1.165, 1.54) is 7.11 Å². The maximum absolute atomic E-state index is 12.2. The highest BCUT2D eigenvalue weighted by molar-refractivity contribution is 7.90. The first kappa shape index (κ1) is 14.6. The van der Waals surface area contributed by atoms with Gasteiger partial charge in [0.15, 0.2) is 5.60 Å². The lowest BCUT2D eigenvalue weighted by Gasteiger charge is -2.36. The summed E-state index contributed by atoms with van der Waals surface area (Å²) in [6.45, 7) is 0. The summed E-state index contributed by atoms with van der Waals surface area (Å²) in [7, 11) is -2.38. The van der Waals surface area contributed by atoms with Crippen molar-refractivity contribution in [3.8, 4) is 0 Å². The Hall–Kier alpha value is -2.34. The fourth-order valence-corrected chi connectivity index (χ4v) is 3.85. The first-order valence-corrected chi connectivity index (χ1v) is 8.33. The number of methoxy groups -OCH3 is 1. The summed E-state index contributed by atoms with van der Waals surface area (Å²) in [6.07, 6.45) is -0.251. The molecule has 1 heterocycles. The van der Waals surface area contributed by atoms with Crippen LogP contribution in [-0.2, 0) is 25.1 Å². The van der Waals surface area contributed by atoms with Gasteiger partial charge < -0.3 is 9.47 Å². The molecule has 0 fully saturated rings. The normalized spacial score (nSPS) is 18.9. The zero-order valence-corrected chi connectivity index (χ0v) is 12.8. The van der Waals surface area contributed by atoms with E-state index in [0.29, 0.717) is 0 Å². The predicted molar refractivity (Wildman–Crippen MR) is 83.0 cm³/mol. The lowest BCUT2D eigenvalue weighted by atomic mass is 9.87. The minimum Gasteiger partial charge on any atom is -0.453 e. The van der Waals surface area contributed by atoms with Gasteiger partial charge in [0.25, 0.3) is 10.0 Å². The van der Waals surface area contributed by atoms with E-state index < -0.39 is 15.6 Å². The fourth-order valence-electron chi connectivity index (χ4n) is 2.54. The summed E-state index contributed by atoms with van der Waals surface area (Å²) in [5.41, 5.74) is 0.289. The fraction of sp³-hybridized carbons (Fsp3) is 0.188. The second kappa shape index (κ2) is 5.46. The molecule has 5 nitrogen and oxygen atoms in total. The Morgan fingerprint density at radius 3 is 1.95 bits per heavy atom. The van der Waals surface area contributed by atoms with Gasteiger partial charge in [0, 0.05) is 11.1 Å². The molecule has 114 valence electrons. The standard InChI is InChI=1S/C16H15NO4S/c1-20-15-17-22(18,19)12-16(21-15,13-8-4-2-5-9-13)14-10-6-3-7-11-14/h2-11H,12H2,1H3. The van der Waals surface area contributed by atoms with Crippen LogP contribution in [0.15, 0.2) is 65.1 Å². The van der Waals surface area contributed by atoms with Crippen molar-refractivity contribution in [2.75, 3.05) is 12.9 Å². The average Bonchev–Trinajstić information content (AvgIpc) is 2.55. The molecule has 0 spiro atoms. The Labute approximate surface area is 129 Å². The van der Waals surface area contributed by atoms with Gasteiger partial charge in [0.1, 0.15) is 5.75 Å². The minimum atomic E-state index is -3.71. The van der Waals surface area contributed by atoms with Crippen LogP contribution in [0.3, 0.4) is 0 Å². The maximum Gasteiger partial charge on any atom is 0.400 e. The smallest absolute Gasteiger partial charge is 0.400 e. The van der Waals surface area contributed by atoms with Crippen molar-refractivity contribution in [2.24, 2.45) is 4.40 Å². The first-order valence-electron chi connectivity index (χ1n) is 6.72. The van der Waals surface area contributed by atoms with Crippen molar-refractivity contribution in [3.63, 3.8) is 0 Å². The topological polar surface area (TPSA) is 65.0 Å². The molecule has 22 heavy (non-hydrogen) atoms. The minimum absolute atomic E-state index is 0.251. The molecular formula is C16H15NO4S. The molecule has 6 heteroatoms. The van der Waals surface area contributed by atoms with Gasteiger partial charge in [-0.15, -0.1) is 0 Å². The van der Waals surface area contributed by atoms with E-state index in [2.05, 4.69) is 4.40 Å². The lowest BCUT2D eigenvalue weighted by molar-refractivity contribution is 0.0681. The highest BCUT2D eigenvalue weighted by atomic mass is 32.2. The first-order chi connectivity index (χ1) is 10.6.